The minimum absolute atomic E-state index is 0.0899. The second-order valence-electron chi connectivity index (χ2n) is 11.6. The number of unbranched alkanes of at least 4 members (excludes halogenated alkanes) is 1. The molecule has 2 atom stereocenters. The molecule has 0 saturated carbocycles. The van der Waals surface area contributed by atoms with E-state index in [1.807, 2.05) is 13.8 Å². The molecular formula is C27H56O12. The third kappa shape index (κ3) is 22.0. The Morgan fingerprint density at radius 1 is 0.744 bits per heavy atom. The van der Waals surface area contributed by atoms with E-state index >= 15 is 0 Å². The van der Waals surface area contributed by atoms with Gasteiger partial charge in [0, 0.05) is 13.0 Å². The van der Waals surface area contributed by atoms with E-state index in [9.17, 15) is 9.59 Å². The van der Waals surface area contributed by atoms with Gasteiger partial charge in [-0.25, -0.2) is 0 Å². The molecule has 12 heteroatoms. The Labute approximate surface area is 233 Å². The van der Waals surface area contributed by atoms with Gasteiger partial charge in [-0.2, -0.15) is 0 Å². The minimum atomic E-state index is -1.11. The number of rotatable bonds is 19. The second kappa shape index (κ2) is 23.3. The van der Waals surface area contributed by atoms with Gasteiger partial charge in [-0.3, -0.25) is 9.59 Å². The summed E-state index contributed by atoms with van der Waals surface area (Å²) in [5, 5.41) is 78.6. The summed E-state index contributed by atoms with van der Waals surface area (Å²) in [4.78, 5) is 21.1. The monoisotopic (exact) mass is 572 g/mol. The summed E-state index contributed by atoms with van der Waals surface area (Å²) in [7, 11) is 0. The molecule has 0 fully saturated rings. The van der Waals surface area contributed by atoms with Crippen LogP contribution in [0.1, 0.15) is 73.1 Å². The van der Waals surface area contributed by atoms with E-state index in [1.165, 1.54) is 0 Å². The number of carboxylic acids is 2. The molecule has 0 aliphatic heterocycles. The zero-order chi connectivity index (χ0) is 31.1. The van der Waals surface area contributed by atoms with Crippen molar-refractivity contribution in [1.29, 1.82) is 0 Å². The molecule has 0 saturated heterocycles. The summed E-state index contributed by atoms with van der Waals surface area (Å²) in [5.41, 5.74) is -1.86. The molecule has 0 aromatic rings. The van der Waals surface area contributed by atoms with Crippen molar-refractivity contribution in [3.8, 4) is 0 Å². The fraction of sp³-hybridized carbons (Fsp3) is 0.926. The Balaban J connectivity index is -0.000000549. The largest absolute Gasteiger partial charge is 0.481 e. The Bertz CT molecular complexity index is 572. The number of hydrogen-bond donors (Lipinski definition) is 9. The fourth-order valence-corrected chi connectivity index (χ4v) is 3.39. The minimum Gasteiger partial charge on any atom is -0.481 e. The number of aliphatic carboxylic acids is 2. The van der Waals surface area contributed by atoms with Gasteiger partial charge in [0.1, 0.15) is 0 Å². The van der Waals surface area contributed by atoms with E-state index < -0.39 is 49.2 Å². The van der Waals surface area contributed by atoms with Crippen molar-refractivity contribution in [1.82, 2.24) is 0 Å². The molecule has 2 unspecified atom stereocenters. The first-order valence-electron chi connectivity index (χ1n) is 13.4. The van der Waals surface area contributed by atoms with E-state index in [2.05, 4.69) is 20.8 Å². The molecule has 0 aromatic carbocycles. The van der Waals surface area contributed by atoms with Crippen LogP contribution in [0.3, 0.4) is 0 Å². The van der Waals surface area contributed by atoms with Gasteiger partial charge in [-0.1, -0.05) is 41.0 Å². The third-order valence-electron chi connectivity index (χ3n) is 6.17. The summed E-state index contributed by atoms with van der Waals surface area (Å²) in [6, 6.07) is 0. The lowest BCUT2D eigenvalue weighted by Crippen LogP contribution is -2.38. The van der Waals surface area contributed by atoms with Crippen LogP contribution in [0.2, 0.25) is 0 Å². The first-order chi connectivity index (χ1) is 18.1. The number of carboxylic acid groups (broad SMARTS) is 2. The maximum Gasteiger partial charge on any atom is 0.306 e. The molecule has 0 rings (SSSR count). The number of aliphatic hydroxyl groups excluding tert-OH is 7. The molecule has 0 aliphatic rings. The molecule has 12 nitrogen and oxygen atoms in total. The Morgan fingerprint density at radius 3 is 1.46 bits per heavy atom. The average molecular weight is 573 g/mol. The summed E-state index contributed by atoms with van der Waals surface area (Å²) in [6.07, 6.45) is 3.99. The van der Waals surface area contributed by atoms with Crippen molar-refractivity contribution in [2.45, 2.75) is 73.1 Å². The molecule has 0 bridgehead atoms. The molecule has 236 valence electrons. The van der Waals surface area contributed by atoms with Crippen LogP contribution in [0.4, 0.5) is 0 Å². The van der Waals surface area contributed by atoms with Gasteiger partial charge in [0.25, 0.3) is 0 Å². The Kier molecular flexibility index (Phi) is 25.2. The van der Waals surface area contributed by atoms with Crippen LogP contribution in [0.25, 0.3) is 0 Å². The van der Waals surface area contributed by atoms with Gasteiger partial charge < -0.3 is 50.7 Å². The molecule has 0 heterocycles. The van der Waals surface area contributed by atoms with Gasteiger partial charge in [-0.05, 0) is 37.0 Å². The van der Waals surface area contributed by atoms with Gasteiger partial charge in [0.2, 0.25) is 0 Å². The first-order valence-corrected chi connectivity index (χ1v) is 13.4. The fourth-order valence-electron chi connectivity index (χ4n) is 3.39. The molecule has 9 N–H and O–H groups in total. The SMILES string of the molecule is CC(CC(=O)O)CC(C)(C)C.CCC(CCCCOCC(CO)(CO)CO)C(=O)O.OCC(CO)(CO)CO. The molecule has 39 heavy (non-hydrogen) atoms. The van der Waals surface area contributed by atoms with Crippen LogP contribution in [-0.4, -0.2) is 117 Å². The zero-order valence-electron chi connectivity index (χ0n) is 24.5. The van der Waals surface area contributed by atoms with E-state index in [0.717, 1.165) is 19.3 Å². The van der Waals surface area contributed by atoms with Crippen molar-refractivity contribution >= 4 is 11.9 Å². The molecule has 0 amide bonds. The van der Waals surface area contributed by atoms with Crippen LogP contribution in [0.15, 0.2) is 0 Å². The van der Waals surface area contributed by atoms with Gasteiger partial charge in [-0.15, -0.1) is 0 Å². The van der Waals surface area contributed by atoms with Gasteiger partial charge in [0.15, 0.2) is 0 Å². The quantitative estimate of drug-likeness (QED) is 0.0976. The predicted molar refractivity (Wildman–Crippen MR) is 146 cm³/mol. The topological polar surface area (TPSA) is 225 Å². The molecular weight excluding hydrogens is 516 g/mol. The molecule has 0 aromatic heterocycles. The normalized spacial score (nSPS) is 13.4. The van der Waals surface area contributed by atoms with Crippen LogP contribution < -0.4 is 0 Å². The summed E-state index contributed by atoms with van der Waals surface area (Å²) in [5.74, 6) is -1.47. The third-order valence-corrected chi connectivity index (χ3v) is 6.17. The van der Waals surface area contributed by atoms with Crippen LogP contribution in [0.5, 0.6) is 0 Å². The highest BCUT2D eigenvalue weighted by molar-refractivity contribution is 5.69. The van der Waals surface area contributed by atoms with E-state index in [0.29, 0.717) is 19.4 Å². The zero-order valence-corrected chi connectivity index (χ0v) is 24.5. The standard InChI is InChI=1S/C13H26O6.C9H18O2.C5H12O4/c1-2-11(12(17)18)5-3-4-6-19-10-13(7-14,8-15)9-16;1-7(5-8(10)11)6-9(2,3)4;6-1-5(2-7,3-8)4-9/h11,14-16H,2-10H2,1H3,(H,17,18);7H,5-6H2,1-4H3,(H,10,11);6-9H,1-4H2. The second-order valence-corrected chi connectivity index (χ2v) is 11.6. The van der Waals surface area contributed by atoms with Gasteiger partial charge >= 0.3 is 11.9 Å². The highest BCUT2D eigenvalue weighted by atomic mass is 16.5. The first kappa shape index (κ1) is 42.1. The van der Waals surface area contributed by atoms with Crippen LogP contribution in [0, 0.1) is 28.1 Å². The van der Waals surface area contributed by atoms with E-state index in [-0.39, 0.29) is 50.1 Å². The van der Waals surface area contributed by atoms with Crippen molar-refractivity contribution in [3.63, 3.8) is 0 Å². The van der Waals surface area contributed by atoms with Crippen LogP contribution in [-0.2, 0) is 14.3 Å². The summed E-state index contributed by atoms with van der Waals surface area (Å²) in [6.45, 7) is 8.12. The maximum absolute atomic E-state index is 10.8. The van der Waals surface area contributed by atoms with Crippen molar-refractivity contribution < 1.29 is 60.3 Å². The van der Waals surface area contributed by atoms with E-state index in [1.54, 1.807) is 0 Å². The number of aliphatic hydroxyl groups is 7. The molecule has 0 spiro atoms. The highest BCUT2D eigenvalue weighted by Gasteiger charge is 2.28. The maximum atomic E-state index is 10.8. The molecule has 0 radical (unpaired) electrons. The number of ether oxygens (including phenoxy) is 1. The van der Waals surface area contributed by atoms with Crippen molar-refractivity contribution in [2.24, 2.45) is 28.1 Å². The number of carbonyl (C=O) groups is 2. The lowest BCUT2D eigenvalue weighted by Gasteiger charge is -2.26. The Hall–Kier alpha value is -1.38. The smallest absolute Gasteiger partial charge is 0.306 e. The number of hydrogen-bond acceptors (Lipinski definition) is 10. The van der Waals surface area contributed by atoms with Crippen LogP contribution >= 0.6 is 0 Å². The highest BCUT2D eigenvalue weighted by Crippen LogP contribution is 2.25. The molecule has 0 aliphatic carbocycles. The summed E-state index contributed by atoms with van der Waals surface area (Å²) >= 11 is 0. The predicted octanol–water partition coefficient (Wildman–Crippen LogP) is 0.723. The lowest BCUT2D eigenvalue weighted by molar-refractivity contribution is -0.142. The van der Waals surface area contributed by atoms with E-state index in [4.69, 9.17) is 50.7 Å². The lowest BCUT2D eigenvalue weighted by atomic mass is 9.84. The van der Waals surface area contributed by atoms with Crippen molar-refractivity contribution in [2.75, 3.05) is 59.5 Å². The van der Waals surface area contributed by atoms with Crippen molar-refractivity contribution in [3.05, 3.63) is 0 Å². The summed E-state index contributed by atoms with van der Waals surface area (Å²) < 4.78 is 5.32. The van der Waals surface area contributed by atoms with Gasteiger partial charge in [0.05, 0.1) is 69.6 Å². The average Bonchev–Trinajstić information content (AvgIpc) is 2.87. The Morgan fingerprint density at radius 2 is 1.18 bits per heavy atom.